The second-order valence-corrected chi connectivity index (χ2v) is 4.91. The van der Waals surface area contributed by atoms with Gasteiger partial charge in [0.05, 0.1) is 0 Å². The van der Waals surface area contributed by atoms with E-state index < -0.39 is 0 Å². The van der Waals surface area contributed by atoms with Gasteiger partial charge in [0.2, 0.25) is 0 Å². The van der Waals surface area contributed by atoms with Crippen molar-refractivity contribution in [3.8, 4) is 0 Å². The van der Waals surface area contributed by atoms with Crippen molar-refractivity contribution < 1.29 is 9.50 Å². The summed E-state index contributed by atoms with van der Waals surface area (Å²) in [5.74, 6) is 0.902. The summed E-state index contributed by atoms with van der Waals surface area (Å²) in [5, 5.41) is 9.26. The fourth-order valence-corrected chi connectivity index (χ4v) is 3.04. The lowest BCUT2D eigenvalue weighted by atomic mass is 9.88. The number of halogens is 1. The quantitative estimate of drug-likeness (QED) is 0.805. The SMILES string of the molecule is OCC1CC1(c1cccc(F)c1)C1CC1. The van der Waals surface area contributed by atoms with Gasteiger partial charge in [-0.15, -0.1) is 0 Å². The van der Waals surface area contributed by atoms with Crippen LogP contribution in [0.15, 0.2) is 24.3 Å². The van der Waals surface area contributed by atoms with Gasteiger partial charge in [-0.25, -0.2) is 4.39 Å². The first-order valence-electron chi connectivity index (χ1n) is 5.64. The first-order chi connectivity index (χ1) is 7.27. The average Bonchev–Trinajstić information content (AvgIpc) is 3.11. The lowest BCUT2D eigenvalue weighted by molar-refractivity contribution is 0.259. The van der Waals surface area contributed by atoms with Gasteiger partial charge in [0.1, 0.15) is 5.82 Å². The minimum Gasteiger partial charge on any atom is -0.396 e. The standard InChI is InChI=1S/C13H15FO/c14-12-3-1-2-10(6-12)13(9-4-5-9)7-11(13)8-15/h1-3,6,9,11,15H,4-5,7-8H2. The largest absolute Gasteiger partial charge is 0.396 e. The van der Waals surface area contributed by atoms with Crippen LogP contribution in [0, 0.1) is 17.7 Å². The van der Waals surface area contributed by atoms with Crippen LogP contribution in [0.3, 0.4) is 0 Å². The maximum atomic E-state index is 13.2. The molecular weight excluding hydrogens is 191 g/mol. The maximum Gasteiger partial charge on any atom is 0.123 e. The highest BCUT2D eigenvalue weighted by molar-refractivity contribution is 5.37. The van der Waals surface area contributed by atoms with Gasteiger partial charge in [-0.3, -0.25) is 0 Å². The van der Waals surface area contributed by atoms with Crippen LogP contribution < -0.4 is 0 Å². The predicted octanol–water partition coefficient (Wildman–Crippen LogP) is 2.49. The third-order valence-corrected chi connectivity index (χ3v) is 4.04. The van der Waals surface area contributed by atoms with Gasteiger partial charge in [0.25, 0.3) is 0 Å². The zero-order valence-corrected chi connectivity index (χ0v) is 8.62. The highest BCUT2D eigenvalue weighted by Crippen LogP contribution is 2.65. The van der Waals surface area contributed by atoms with E-state index in [0.29, 0.717) is 11.8 Å². The molecule has 0 saturated heterocycles. The normalized spacial score (nSPS) is 34.1. The highest BCUT2D eigenvalue weighted by atomic mass is 19.1. The molecule has 0 bridgehead atoms. The number of benzene rings is 1. The Balaban J connectivity index is 1.97. The lowest BCUT2D eigenvalue weighted by Crippen LogP contribution is -2.14. The third-order valence-electron chi connectivity index (χ3n) is 4.04. The van der Waals surface area contributed by atoms with Crippen LogP contribution in [0.5, 0.6) is 0 Å². The first-order valence-corrected chi connectivity index (χ1v) is 5.64. The molecule has 1 aromatic rings. The highest BCUT2D eigenvalue weighted by Gasteiger charge is 2.62. The zero-order valence-electron chi connectivity index (χ0n) is 8.62. The molecule has 2 heteroatoms. The third kappa shape index (κ3) is 1.31. The summed E-state index contributed by atoms with van der Waals surface area (Å²) in [6.45, 7) is 0.243. The van der Waals surface area contributed by atoms with Crippen LogP contribution in [0.25, 0.3) is 0 Å². The summed E-state index contributed by atoms with van der Waals surface area (Å²) in [4.78, 5) is 0. The smallest absolute Gasteiger partial charge is 0.123 e. The molecule has 80 valence electrons. The van der Waals surface area contributed by atoms with Crippen LogP contribution in [0.1, 0.15) is 24.8 Å². The molecule has 1 N–H and O–H groups in total. The summed E-state index contributed by atoms with van der Waals surface area (Å²) >= 11 is 0. The number of hydrogen-bond donors (Lipinski definition) is 1. The van der Waals surface area contributed by atoms with E-state index in [-0.39, 0.29) is 17.8 Å². The molecule has 0 spiro atoms. The number of hydrogen-bond acceptors (Lipinski definition) is 1. The lowest BCUT2D eigenvalue weighted by Gasteiger charge is -2.16. The molecule has 2 aliphatic carbocycles. The first kappa shape index (κ1) is 9.34. The fraction of sp³-hybridized carbons (Fsp3) is 0.538. The van der Waals surface area contributed by atoms with Crippen LogP contribution in [-0.2, 0) is 5.41 Å². The topological polar surface area (TPSA) is 20.2 Å². The summed E-state index contributed by atoms with van der Waals surface area (Å²) in [5.41, 5.74) is 1.22. The van der Waals surface area contributed by atoms with Crippen molar-refractivity contribution in [3.63, 3.8) is 0 Å². The molecule has 15 heavy (non-hydrogen) atoms. The van der Waals surface area contributed by atoms with Gasteiger partial charge in [0.15, 0.2) is 0 Å². The molecule has 3 rings (SSSR count). The number of rotatable bonds is 3. The molecule has 1 aromatic carbocycles. The van der Waals surface area contributed by atoms with Crippen molar-refractivity contribution in [3.05, 3.63) is 35.6 Å². The summed E-state index contributed by atoms with van der Waals surface area (Å²) in [6, 6.07) is 6.92. The van der Waals surface area contributed by atoms with Crippen LogP contribution in [0.4, 0.5) is 4.39 Å². The van der Waals surface area contributed by atoms with E-state index in [4.69, 9.17) is 0 Å². The van der Waals surface area contributed by atoms with E-state index in [1.165, 1.54) is 18.9 Å². The average molecular weight is 206 g/mol. The molecule has 2 saturated carbocycles. The van der Waals surface area contributed by atoms with Crippen molar-refractivity contribution in [2.75, 3.05) is 6.61 Å². The van der Waals surface area contributed by atoms with Crippen molar-refractivity contribution in [1.82, 2.24) is 0 Å². The Morgan fingerprint density at radius 2 is 2.20 bits per heavy atom. The molecule has 2 fully saturated rings. The van der Waals surface area contributed by atoms with Crippen LogP contribution in [-0.4, -0.2) is 11.7 Å². The Kier molecular flexibility index (Phi) is 1.90. The molecule has 0 aliphatic heterocycles. The molecule has 2 atom stereocenters. The monoisotopic (exact) mass is 206 g/mol. The van der Waals surface area contributed by atoms with E-state index >= 15 is 0 Å². The number of aliphatic hydroxyl groups excluding tert-OH is 1. The van der Waals surface area contributed by atoms with Crippen molar-refractivity contribution in [2.45, 2.75) is 24.7 Å². The van der Waals surface area contributed by atoms with Gasteiger partial charge in [-0.05, 0) is 48.8 Å². The minimum atomic E-state index is -0.156. The van der Waals surface area contributed by atoms with Gasteiger partial charge in [0, 0.05) is 12.0 Å². The minimum absolute atomic E-state index is 0.122. The maximum absolute atomic E-state index is 13.2. The fourth-order valence-electron chi connectivity index (χ4n) is 3.04. The van der Waals surface area contributed by atoms with Crippen LogP contribution >= 0.6 is 0 Å². The molecule has 2 aliphatic rings. The molecular formula is C13H15FO. The Morgan fingerprint density at radius 1 is 1.40 bits per heavy atom. The van der Waals surface area contributed by atoms with E-state index in [1.54, 1.807) is 12.1 Å². The van der Waals surface area contributed by atoms with Crippen molar-refractivity contribution in [2.24, 2.45) is 11.8 Å². The Hall–Kier alpha value is -0.890. The zero-order chi connectivity index (χ0) is 10.5. The molecule has 2 unspecified atom stereocenters. The Morgan fingerprint density at radius 3 is 2.73 bits per heavy atom. The number of aliphatic hydroxyl groups is 1. The second kappa shape index (κ2) is 3.05. The van der Waals surface area contributed by atoms with Gasteiger partial charge in [-0.2, -0.15) is 0 Å². The Labute approximate surface area is 88.9 Å². The van der Waals surface area contributed by atoms with E-state index in [0.717, 1.165) is 12.0 Å². The van der Waals surface area contributed by atoms with E-state index in [2.05, 4.69) is 0 Å². The van der Waals surface area contributed by atoms with Gasteiger partial charge in [-0.1, -0.05) is 12.1 Å². The molecule has 0 radical (unpaired) electrons. The van der Waals surface area contributed by atoms with Gasteiger partial charge < -0.3 is 5.11 Å². The Bertz CT molecular complexity index is 386. The van der Waals surface area contributed by atoms with E-state index in [1.807, 2.05) is 6.07 Å². The van der Waals surface area contributed by atoms with Crippen LogP contribution in [0.2, 0.25) is 0 Å². The summed E-state index contributed by atoms with van der Waals surface area (Å²) < 4.78 is 13.2. The van der Waals surface area contributed by atoms with Crippen molar-refractivity contribution in [1.29, 1.82) is 0 Å². The molecule has 0 amide bonds. The summed E-state index contributed by atoms with van der Waals surface area (Å²) in [6.07, 6.45) is 3.53. The van der Waals surface area contributed by atoms with Crippen molar-refractivity contribution >= 4 is 0 Å². The second-order valence-electron chi connectivity index (χ2n) is 4.91. The van der Waals surface area contributed by atoms with Gasteiger partial charge >= 0.3 is 0 Å². The molecule has 0 aromatic heterocycles. The molecule has 1 nitrogen and oxygen atoms in total. The molecule has 0 heterocycles. The van der Waals surface area contributed by atoms with E-state index in [9.17, 15) is 9.50 Å². The predicted molar refractivity (Wildman–Crippen MR) is 56.0 cm³/mol. The summed E-state index contributed by atoms with van der Waals surface area (Å²) in [7, 11) is 0.